The van der Waals surface area contributed by atoms with Gasteiger partial charge in [0.25, 0.3) is 0 Å². The fourth-order valence-corrected chi connectivity index (χ4v) is 1.71. The van der Waals surface area contributed by atoms with Crippen LogP contribution in [0.4, 0.5) is 5.69 Å². The molecule has 4 heteroatoms. The van der Waals surface area contributed by atoms with Gasteiger partial charge in [0.2, 0.25) is 0 Å². The minimum absolute atomic E-state index is 0.653. The first-order chi connectivity index (χ1) is 8.77. The zero-order valence-corrected chi connectivity index (χ0v) is 11.4. The second-order valence-corrected chi connectivity index (χ2v) is 4.06. The van der Waals surface area contributed by atoms with Crippen molar-refractivity contribution in [3.63, 3.8) is 0 Å². The molecule has 3 N–H and O–H groups in total. The molecule has 0 amide bonds. The van der Waals surface area contributed by atoms with Crippen molar-refractivity contribution in [2.45, 2.75) is 20.3 Å². The van der Waals surface area contributed by atoms with Gasteiger partial charge in [0.15, 0.2) is 5.96 Å². The largest absolute Gasteiger partial charge is 0.385 e. The summed E-state index contributed by atoms with van der Waals surface area (Å²) < 4.78 is 0. The molecule has 0 fully saturated rings. The van der Waals surface area contributed by atoms with Crippen molar-refractivity contribution >= 4 is 11.6 Å². The number of benzene rings is 1. The molecule has 0 atom stereocenters. The first-order valence-corrected chi connectivity index (χ1v) is 6.61. The molecule has 0 aliphatic carbocycles. The molecule has 0 saturated heterocycles. The molecular formula is C14H24N4. The highest BCUT2D eigenvalue weighted by atomic mass is 15.2. The van der Waals surface area contributed by atoms with Gasteiger partial charge in [-0.15, -0.1) is 0 Å². The second-order valence-electron chi connectivity index (χ2n) is 4.06. The van der Waals surface area contributed by atoms with E-state index in [-0.39, 0.29) is 0 Å². The van der Waals surface area contributed by atoms with Gasteiger partial charge in [-0.05, 0) is 32.4 Å². The number of hydrogen-bond donors (Lipinski definition) is 2. The van der Waals surface area contributed by atoms with Crippen LogP contribution in [0.1, 0.15) is 20.3 Å². The summed E-state index contributed by atoms with van der Waals surface area (Å²) in [5, 5.41) is 3.35. The molecule has 0 radical (unpaired) electrons. The molecule has 4 nitrogen and oxygen atoms in total. The first kappa shape index (κ1) is 14.4. The molecule has 18 heavy (non-hydrogen) atoms. The van der Waals surface area contributed by atoms with Crippen molar-refractivity contribution in [2.24, 2.45) is 10.7 Å². The number of nitrogens with one attached hydrogen (secondary N) is 1. The fourth-order valence-electron chi connectivity index (χ4n) is 1.71. The first-order valence-electron chi connectivity index (χ1n) is 6.61. The number of aliphatic imine (C=N–C) groups is 1. The number of rotatable bonds is 7. The summed E-state index contributed by atoms with van der Waals surface area (Å²) >= 11 is 0. The maximum atomic E-state index is 5.89. The van der Waals surface area contributed by atoms with Gasteiger partial charge >= 0.3 is 0 Å². The molecule has 0 aliphatic rings. The molecule has 0 bridgehead atoms. The van der Waals surface area contributed by atoms with Gasteiger partial charge in [-0.1, -0.05) is 18.2 Å². The zero-order valence-electron chi connectivity index (χ0n) is 11.4. The number of hydrogen-bond acceptors (Lipinski definition) is 2. The lowest BCUT2D eigenvalue weighted by atomic mass is 10.3. The van der Waals surface area contributed by atoms with E-state index in [4.69, 9.17) is 5.73 Å². The monoisotopic (exact) mass is 248 g/mol. The summed E-state index contributed by atoms with van der Waals surface area (Å²) in [6.07, 6.45) is 0.983. The lowest BCUT2D eigenvalue weighted by molar-refractivity contribution is 0.458. The Hall–Kier alpha value is -1.71. The van der Waals surface area contributed by atoms with Gasteiger partial charge in [0.1, 0.15) is 0 Å². The zero-order chi connectivity index (χ0) is 13.2. The van der Waals surface area contributed by atoms with Crippen molar-refractivity contribution in [1.29, 1.82) is 0 Å². The van der Waals surface area contributed by atoms with Crippen LogP contribution in [0.25, 0.3) is 0 Å². The molecule has 1 aromatic rings. The Morgan fingerprint density at radius 2 is 1.89 bits per heavy atom. The minimum atomic E-state index is 0.653. The molecule has 1 rings (SSSR count). The second kappa shape index (κ2) is 8.39. The molecule has 0 saturated carbocycles. The van der Waals surface area contributed by atoms with Crippen LogP contribution in [0.5, 0.6) is 0 Å². The van der Waals surface area contributed by atoms with Crippen molar-refractivity contribution < 1.29 is 0 Å². The summed E-state index contributed by atoms with van der Waals surface area (Å²) in [7, 11) is 0. The summed E-state index contributed by atoms with van der Waals surface area (Å²) in [5.41, 5.74) is 7.04. The van der Waals surface area contributed by atoms with Crippen LogP contribution in [-0.4, -0.2) is 37.0 Å². The predicted octanol–water partition coefficient (Wildman–Crippen LogP) is 2.15. The topological polar surface area (TPSA) is 53.6 Å². The van der Waals surface area contributed by atoms with Gasteiger partial charge in [-0.25, -0.2) is 0 Å². The Morgan fingerprint density at radius 3 is 2.50 bits per heavy atom. The number of anilines is 1. The number of nitrogens with zero attached hydrogens (tertiary/aromatic N) is 2. The number of nitrogens with two attached hydrogens (primary N) is 1. The van der Waals surface area contributed by atoms with E-state index < -0.39 is 0 Å². The van der Waals surface area contributed by atoms with Crippen molar-refractivity contribution in [2.75, 3.05) is 31.5 Å². The Morgan fingerprint density at radius 1 is 1.22 bits per heavy atom. The van der Waals surface area contributed by atoms with E-state index in [1.807, 2.05) is 18.2 Å². The maximum absolute atomic E-state index is 5.89. The van der Waals surface area contributed by atoms with Gasteiger partial charge in [0, 0.05) is 31.9 Å². The van der Waals surface area contributed by atoms with Crippen LogP contribution in [0.15, 0.2) is 35.3 Å². The van der Waals surface area contributed by atoms with Gasteiger partial charge in [-0.2, -0.15) is 0 Å². The number of para-hydroxylation sites is 1. The van der Waals surface area contributed by atoms with E-state index in [0.717, 1.165) is 38.3 Å². The lowest BCUT2D eigenvalue weighted by Crippen LogP contribution is -2.37. The molecule has 0 aliphatic heterocycles. The predicted molar refractivity (Wildman–Crippen MR) is 79.0 cm³/mol. The third-order valence-corrected chi connectivity index (χ3v) is 2.80. The van der Waals surface area contributed by atoms with Crippen molar-refractivity contribution in [3.8, 4) is 0 Å². The van der Waals surface area contributed by atoms with Crippen molar-refractivity contribution in [3.05, 3.63) is 30.3 Å². The molecule has 0 aromatic heterocycles. The van der Waals surface area contributed by atoms with Crippen LogP contribution >= 0.6 is 0 Å². The Balaban J connectivity index is 2.20. The van der Waals surface area contributed by atoms with E-state index in [1.165, 1.54) is 0 Å². The molecule has 100 valence electrons. The van der Waals surface area contributed by atoms with Gasteiger partial charge in [0.05, 0.1) is 0 Å². The Labute approximate surface area is 110 Å². The highest BCUT2D eigenvalue weighted by Gasteiger charge is 2.00. The van der Waals surface area contributed by atoms with Crippen LogP contribution < -0.4 is 11.1 Å². The minimum Gasteiger partial charge on any atom is -0.385 e. The summed E-state index contributed by atoms with van der Waals surface area (Å²) in [6.45, 7) is 7.68. The summed E-state index contributed by atoms with van der Waals surface area (Å²) in [5.74, 6) is 0.653. The van der Waals surface area contributed by atoms with E-state index >= 15 is 0 Å². The standard InChI is InChI=1S/C14H24N4/c1-3-18(4-2)14(15)17-12-8-11-16-13-9-6-5-7-10-13/h5-7,9-10,16H,3-4,8,11-12H2,1-2H3,(H2,15,17). The van der Waals surface area contributed by atoms with Gasteiger partial charge < -0.3 is 16.0 Å². The normalized spacial score (nSPS) is 11.3. The van der Waals surface area contributed by atoms with Crippen LogP contribution in [0, 0.1) is 0 Å². The lowest BCUT2D eigenvalue weighted by Gasteiger charge is -2.19. The highest BCUT2D eigenvalue weighted by molar-refractivity contribution is 5.77. The van der Waals surface area contributed by atoms with Gasteiger partial charge in [-0.3, -0.25) is 4.99 Å². The summed E-state index contributed by atoms with van der Waals surface area (Å²) in [6, 6.07) is 10.2. The molecular weight excluding hydrogens is 224 g/mol. The van der Waals surface area contributed by atoms with E-state index in [2.05, 4.69) is 41.2 Å². The van der Waals surface area contributed by atoms with Crippen LogP contribution in [-0.2, 0) is 0 Å². The molecule has 0 unspecified atom stereocenters. The quantitative estimate of drug-likeness (QED) is 0.441. The smallest absolute Gasteiger partial charge is 0.191 e. The average Bonchev–Trinajstić information content (AvgIpc) is 2.41. The van der Waals surface area contributed by atoms with E-state index in [0.29, 0.717) is 5.96 Å². The fraction of sp³-hybridized carbons (Fsp3) is 0.500. The van der Waals surface area contributed by atoms with E-state index in [1.54, 1.807) is 0 Å². The van der Waals surface area contributed by atoms with Crippen LogP contribution in [0.2, 0.25) is 0 Å². The molecule has 0 spiro atoms. The third kappa shape index (κ3) is 5.08. The van der Waals surface area contributed by atoms with Crippen LogP contribution in [0.3, 0.4) is 0 Å². The van der Waals surface area contributed by atoms with Crippen molar-refractivity contribution in [1.82, 2.24) is 4.90 Å². The van der Waals surface area contributed by atoms with E-state index in [9.17, 15) is 0 Å². The highest BCUT2D eigenvalue weighted by Crippen LogP contribution is 2.04. The Bertz CT molecular complexity index is 344. The maximum Gasteiger partial charge on any atom is 0.191 e. The molecule has 0 heterocycles. The summed E-state index contributed by atoms with van der Waals surface area (Å²) in [4.78, 5) is 6.44. The number of guanidine groups is 1. The Kier molecular flexibility index (Phi) is 6.69. The molecule has 1 aromatic carbocycles. The third-order valence-electron chi connectivity index (χ3n) is 2.80. The average molecular weight is 248 g/mol. The SMILES string of the molecule is CCN(CC)C(N)=NCCCNc1ccccc1.